The van der Waals surface area contributed by atoms with Gasteiger partial charge in [0.1, 0.15) is 0 Å². The highest BCUT2D eigenvalue weighted by atomic mass is 16.2. The molecule has 3 fully saturated rings. The normalized spacial score (nSPS) is 25.6. The predicted octanol–water partition coefficient (Wildman–Crippen LogP) is 0.230. The van der Waals surface area contributed by atoms with Crippen molar-refractivity contribution in [3.63, 3.8) is 0 Å². The van der Waals surface area contributed by atoms with Crippen molar-refractivity contribution in [3.8, 4) is 0 Å². The minimum atomic E-state index is -0.0772. The fraction of sp³-hybridized carbons (Fsp3) is 0.812. The van der Waals surface area contributed by atoms with Crippen LogP contribution in [0.25, 0.3) is 0 Å². The number of hydrogen-bond donors (Lipinski definition) is 1. The Morgan fingerprint density at radius 1 is 0.909 bits per heavy atom. The maximum Gasteiger partial charge on any atom is 0.227 e. The number of nitrogens with one attached hydrogen (secondary N) is 1. The van der Waals surface area contributed by atoms with Crippen molar-refractivity contribution in [2.24, 2.45) is 17.8 Å². The average molecular weight is 307 g/mol. The molecule has 2 aliphatic heterocycles. The minimum absolute atomic E-state index is 0.0423. The lowest BCUT2D eigenvalue weighted by Crippen LogP contribution is -2.58. The van der Waals surface area contributed by atoms with E-state index in [0.717, 1.165) is 32.2 Å². The van der Waals surface area contributed by atoms with E-state index in [-0.39, 0.29) is 35.5 Å². The number of piperidine rings is 1. The molecule has 0 bridgehead atoms. The summed E-state index contributed by atoms with van der Waals surface area (Å²) in [6, 6.07) is 0. The molecule has 3 amide bonds. The number of hydrogen-bond acceptors (Lipinski definition) is 3. The molecule has 1 saturated carbocycles. The summed E-state index contributed by atoms with van der Waals surface area (Å²) in [6.45, 7) is 4.93. The lowest BCUT2D eigenvalue weighted by atomic mass is 9.92. The van der Waals surface area contributed by atoms with Crippen molar-refractivity contribution in [3.05, 3.63) is 0 Å². The third kappa shape index (κ3) is 3.10. The predicted molar refractivity (Wildman–Crippen MR) is 80.8 cm³/mol. The van der Waals surface area contributed by atoms with Crippen LogP contribution >= 0.6 is 0 Å². The largest absolute Gasteiger partial charge is 0.356 e. The fourth-order valence-electron chi connectivity index (χ4n) is 3.37. The summed E-state index contributed by atoms with van der Waals surface area (Å²) >= 11 is 0. The summed E-state index contributed by atoms with van der Waals surface area (Å²) in [5, 5.41) is 2.80. The molecule has 1 atom stereocenters. The number of nitrogens with zero attached hydrogens (tertiary/aromatic N) is 2. The van der Waals surface area contributed by atoms with Crippen LogP contribution in [0.1, 0.15) is 32.6 Å². The van der Waals surface area contributed by atoms with E-state index in [4.69, 9.17) is 0 Å². The van der Waals surface area contributed by atoms with Gasteiger partial charge >= 0.3 is 0 Å². The van der Waals surface area contributed by atoms with E-state index in [1.54, 1.807) is 4.90 Å². The number of amides is 3. The minimum Gasteiger partial charge on any atom is -0.356 e. The topological polar surface area (TPSA) is 69.7 Å². The highest BCUT2D eigenvalue weighted by Gasteiger charge is 2.41. The van der Waals surface area contributed by atoms with Crippen LogP contribution in [0.4, 0.5) is 0 Å². The van der Waals surface area contributed by atoms with Crippen LogP contribution in [0.2, 0.25) is 0 Å². The second-order valence-corrected chi connectivity index (χ2v) is 6.73. The first-order valence-electron chi connectivity index (χ1n) is 8.45. The highest BCUT2D eigenvalue weighted by molar-refractivity contribution is 5.86. The summed E-state index contributed by atoms with van der Waals surface area (Å²) in [5.74, 6) is 0.485. The molecule has 2 heterocycles. The SMILES string of the molecule is CCNC(=O)C1CN(C(=O)C2CCCN(C(=O)C3CC3)C2)C1. The first-order chi connectivity index (χ1) is 10.6. The van der Waals surface area contributed by atoms with Crippen LogP contribution in [0.15, 0.2) is 0 Å². The van der Waals surface area contributed by atoms with Crippen LogP contribution in [-0.4, -0.2) is 60.2 Å². The van der Waals surface area contributed by atoms with Crippen molar-refractivity contribution >= 4 is 17.7 Å². The highest BCUT2D eigenvalue weighted by Crippen LogP contribution is 2.33. The molecule has 0 radical (unpaired) electrons. The second kappa shape index (κ2) is 6.26. The van der Waals surface area contributed by atoms with Gasteiger partial charge in [-0.1, -0.05) is 0 Å². The van der Waals surface area contributed by atoms with E-state index in [0.29, 0.717) is 26.2 Å². The Kier molecular flexibility index (Phi) is 4.36. The second-order valence-electron chi connectivity index (χ2n) is 6.73. The molecular weight excluding hydrogens is 282 g/mol. The summed E-state index contributed by atoms with van der Waals surface area (Å²) < 4.78 is 0. The molecule has 6 heteroatoms. The van der Waals surface area contributed by atoms with Gasteiger partial charge in [0.05, 0.1) is 11.8 Å². The maximum atomic E-state index is 12.5. The van der Waals surface area contributed by atoms with Crippen molar-refractivity contribution in [1.29, 1.82) is 0 Å². The van der Waals surface area contributed by atoms with E-state index in [2.05, 4.69) is 5.32 Å². The Balaban J connectivity index is 1.48. The molecule has 1 aliphatic carbocycles. The summed E-state index contributed by atoms with van der Waals surface area (Å²) in [6.07, 6.45) is 3.78. The van der Waals surface area contributed by atoms with Gasteiger partial charge in [-0.05, 0) is 32.6 Å². The molecule has 3 aliphatic rings. The first-order valence-corrected chi connectivity index (χ1v) is 8.45. The Morgan fingerprint density at radius 3 is 2.18 bits per heavy atom. The molecule has 0 aromatic carbocycles. The van der Waals surface area contributed by atoms with Gasteiger partial charge in [0.15, 0.2) is 0 Å². The van der Waals surface area contributed by atoms with Crippen molar-refractivity contribution in [2.45, 2.75) is 32.6 Å². The molecule has 0 spiro atoms. The Hall–Kier alpha value is -1.59. The van der Waals surface area contributed by atoms with Gasteiger partial charge < -0.3 is 15.1 Å². The molecule has 22 heavy (non-hydrogen) atoms. The Labute approximate surface area is 131 Å². The fourth-order valence-corrected chi connectivity index (χ4v) is 3.37. The molecule has 3 rings (SSSR count). The lowest BCUT2D eigenvalue weighted by molar-refractivity contribution is -0.149. The van der Waals surface area contributed by atoms with E-state index in [9.17, 15) is 14.4 Å². The zero-order valence-corrected chi connectivity index (χ0v) is 13.2. The molecule has 122 valence electrons. The molecule has 0 aromatic heterocycles. The molecule has 0 aromatic rings. The summed E-state index contributed by atoms with van der Waals surface area (Å²) in [7, 11) is 0. The number of likely N-dealkylation sites (tertiary alicyclic amines) is 2. The molecular formula is C16H25N3O3. The van der Waals surface area contributed by atoms with Crippen LogP contribution in [0, 0.1) is 17.8 Å². The van der Waals surface area contributed by atoms with Crippen LogP contribution in [0.5, 0.6) is 0 Å². The van der Waals surface area contributed by atoms with Crippen molar-refractivity contribution < 1.29 is 14.4 Å². The van der Waals surface area contributed by atoms with E-state index in [1.807, 2.05) is 11.8 Å². The summed E-state index contributed by atoms with van der Waals surface area (Å²) in [5.41, 5.74) is 0. The Bertz CT molecular complexity index is 469. The summed E-state index contributed by atoms with van der Waals surface area (Å²) in [4.78, 5) is 40.0. The number of rotatable bonds is 4. The van der Waals surface area contributed by atoms with Crippen molar-refractivity contribution in [2.75, 3.05) is 32.7 Å². The molecule has 6 nitrogen and oxygen atoms in total. The van der Waals surface area contributed by atoms with Gasteiger partial charge in [-0.3, -0.25) is 14.4 Å². The van der Waals surface area contributed by atoms with E-state index < -0.39 is 0 Å². The zero-order valence-electron chi connectivity index (χ0n) is 13.2. The van der Waals surface area contributed by atoms with Gasteiger partial charge in [0, 0.05) is 38.6 Å². The third-order valence-corrected chi connectivity index (χ3v) is 4.92. The van der Waals surface area contributed by atoms with Crippen LogP contribution in [-0.2, 0) is 14.4 Å². The van der Waals surface area contributed by atoms with Gasteiger partial charge in [0.25, 0.3) is 0 Å². The van der Waals surface area contributed by atoms with Gasteiger partial charge in [0.2, 0.25) is 17.7 Å². The first kappa shape index (κ1) is 15.3. The molecule has 2 saturated heterocycles. The van der Waals surface area contributed by atoms with E-state index >= 15 is 0 Å². The van der Waals surface area contributed by atoms with Gasteiger partial charge in [-0.15, -0.1) is 0 Å². The van der Waals surface area contributed by atoms with Gasteiger partial charge in [-0.2, -0.15) is 0 Å². The van der Waals surface area contributed by atoms with Crippen LogP contribution < -0.4 is 5.32 Å². The maximum absolute atomic E-state index is 12.5. The number of carbonyl (C=O) groups is 3. The van der Waals surface area contributed by atoms with Crippen molar-refractivity contribution in [1.82, 2.24) is 15.1 Å². The lowest BCUT2D eigenvalue weighted by Gasteiger charge is -2.42. The van der Waals surface area contributed by atoms with Crippen LogP contribution in [0.3, 0.4) is 0 Å². The standard InChI is InChI=1S/C16H25N3O3/c1-2-17-14(20)13-9-19(10-13)16(22)12-4-3-7-18(8-12)15(21)11-5-6-11/h11-13H,2-10H2,1H3,(H,17,20). The smallest absolute Gasteiger partial charge is 0.227 e. The zero-order chi connectivity index (χ0) is 15.7. The quantitative estimate of drug-likeness (QED) is 0.808. The third-order valence-electron chi connectivity index (χ3n) is 4.92. The Morgan fingerprint density at radius 2 is 1.55 bits per heavy atom. The molecule has 1 unspecified atom stereocenters. The van der Waals surface area contributed by atoms with Gasteiger partial charge in [-0.25, -0.2) is 0 Å². The molecule has 1 N–H and O–H groups in total. The van der Waals surface area contributed by atoms with E-state index in [1.165, 1.54) is 0 Å². The average Bonchev–Trinajstić information content (AvgIpc) is 3.30. The number of carbonyl (C=O) groups excluding carboxylic acids is 3. The monoisotopic (exact) mass is 307 g/mol.